The summed E-state index contributed by atoms with van der Waals surface area (Å²) in [7, 11) is 0. The van der Waals surface area contributed by atoms with Crippen molar-refractivity contribution < 1.29 is 14.0 Å². The zero-order valence-corrected chi connectivity index (χ0v) is 19.0. The van der Waals surface area contributed by atoms with Crippen molar-refractivity contribution in [3.63, 3.8) is 0 Å². The standard InChI is InChI=1S/C25H31ClFN3O2/c26-20-8-6-19(7-9-20)17-24(31)30-23(16-18-4-2-1-3-5-18)25(32)29-15-14-28-22-12-10-21(27)11-13-22/h6-13,18,23,28H,1-5,14-17H2,(H,29,32)(H,30,31). The molecular weight excluding hydrogens is 429 g/mol. The highest BCUT2D eigenvalue weighted by Crippen LogP contribution is 2.27. The molecular formula is C25H31ClFN3O2. The van der Waals surface area contributed by atoms with Gasteiger partial charge in [-0.15, -0.1) is 0 Å². The number of carbonyl (C=O) groups is 2. The molecule has 2 aromatic rings. The Hall–Kier alpha value is -2.60. The van der Waals surface area contributed by atoms with Gasteiger partial charge in [0.15, 0.2) is 0 Å². The molecule has 1 saturated carbocycles. The summed E-state index contributed by atoms with van der Waals surface area (Å²) in [5, 5.41) is 9.64. The zero-order chi connectivity index (χ0) is 22.8. The van der Waals surface area contributed by atoms with Gasteiger partial charge in [0.2, 0.25) is 11.8 Å². The van der Waals surface area contributed by atoms with Gasteiger partial charge in [-0.1, -0.05) is 55.8 Å². The van der Waals surface area contributed by atoms with Crippen LogP contribution in [0.5, 0.6) is 0 Å². The SMILES string of the molecule is O=C(Cc1ccc(Cl)cc1)NC(CC1CCCCC1)C(=O)NCCNc1ccc(F)cc1. The summed E-state index contributed by atoms with van der Waals surface area (Å²) in [6, 6.07) is 12.7. The number of carbonyl (C=O) groups excluding carboxylic acids is 2. The van der Waals surface area contributed by atoms with E-state index in [2.05, 4.69) is 16.0 Å². The Morgan fingerprint density at radius 3 is 2.34 bits per heavy atom. The number of benzene rings is 2. The number of halogens is 2. The first-order chi connectivity index (χ1) is 15.5. The molecule has 3 N–H and O–H groups in total. The highest BCUT2D eigenvalue weighted by Gasteiger charge is 2.25. The van der Waals surface area contributed by atoms with E-state index in [1.165, 1.54) is 31.4 Å². The molecule has 32 heavy (non-hydrogen) atoms. The molecule has 3 rings (SSSR count). The molecule has 1 unspecified atom stereocenters. The number of amides is 2. The Labute approximate surface area is 194 Å². The largest absolute Gasteiger partial charge is 0.383 e. The van der Waals surface area contributed by atoms with Gasteiger partial charge in [-0.3, -0.25) is 9.59 Å². The lowest BCUT2D eigenvalue weighted by atomic mass is 9.84. The Morgan fingerprint density at radius 1 is 0.969 bits per heavy atom. The highest BCUT2D eigenvalue weighted by molar-refractivity contribution is 6.30. The summed E-state index contributed by atoms with van der Waals surface area (Å²) in [6.45, 7) is 0.913. The minimum absolute atomic E-state index is 0.166. The van der Waals surface area contributed by atoms with E-state index in [9.17, 15) is 14.0 Å². The molecule has 0 heterocycles. The molecule has 172 valence electrons. The van der Waals surface area contributed by atoms with Gasteiger partial charge in [0.1, 0.15) is 11.9 Å². The van der Waals surface area contributed by atoms with E-state index in [0.29, 0.717) is 30.5 Å². The van der Waals surface area contributed by atoms with Crippen LogP contribution in [0, 0.1) is 11.7 Å². The van der Waals surface area contributed by atoms with E-state index in [1.807, 2.05) is 12.1 Å². The minimum atomic E-state index is -0.552. The van der Waals surface area contributed by atoms with Gasteiger partial charge in [0.05, 0.1) is 6.42 Å². The fourth-order valence-corrected chi connectivity index (χ4v) is 4.23. The molecule has 5 nitrogen and oxygen atoms in total. The lowest BCUT2D eigenvalue weighted by Crippen LogP contribution is -2.49. The molecule has 7 heteroatoms. The van der Waals surface area contributed by atoms with Crippen molar-refractivity contribution in [2.45, 2.75) is 51.0 Å². The number of anilines is 1. The van der Waals surface area contributed by atoms with Crippen LogP contribution < -0.4 is 16.0 Å². The summed E-state index contributed by atoms with van der Waals surface area (Å²) < 4.78 is 13.0. The van der Waals surface area contributed by atoms with E-state index in [4.69, 9.17) is 11.6 Å². The van der Waals surface area contributed by atoms with Crippen LogP contribution in [0.25, 0.3) is 0 Å². The quantitative estimate of drug-likeness (QED) is 0.451. The smallest absolute Gasteiger partial charge is 0.242 e. The zero-order valence-electron chi connectivity index (χ0n) is 18.2. The third-order valence-electron chi connectivity index (χ3n) is 5.82. The van der Waals surface area contributed by atoms with Crippen LogP contribution in [0.2, 0.25) is 5.02 Å². The van der Waals surface area contributed by atoms with Crippen molar-refractivity contribution >= 4 is 29.1 Å². The molecule has 0 aromatic heterocycles. The lowest BCUT2D eigenvalue weighted by Gasteiger charge is -2.26. The van der Waals surface area contributed by atoms with Gasteiger partial charge >= 0.3 is 0 Å². The molecule has 2 aromatic carbocycles. The number of rotatable bonds is 10. The van der Waals surface area contributed by atoms with Gasteiger partial charge in [-0.05, 0) is 54.3 Å². The second-order valence-corrected chi connectivity index (χ2v) is 8.82. The van der Waals surface area contributed by atoms with Crippen molar-refractivity contribution in [3.05, 3.63) is 64.9 Å². The molecule has 1 aliphatic rings. The summed E-state index contributed by atoms with van der Waals surface area (Å²) in [5.41, 5.74) is 1.64. The highest BCUT2D eigenvalue weighted by atomic mass is 35.5. The predicted molar refractivity (Wildman–Crippen MR) is 126 cm³/mol. The molecule has 2 amide bonds. The Kier molecular flexibility index (Phi) is 9.35. The fraction of sp³-hybridized carbons (Fsp3) is 0.440. The molecule has 0 bridgehead atoms. The van der Waals surface area contributed by atoms with Gasteiger partial charge in [0, 0.05) is 23.8 Å². The van der Waals surface area contributed by atoms with Gasteiger partial charge in [-0.25, -0.2) is 4.39 Å². The second kappa shape index (κ2) is 12.4. The fourth-order valence-electron chi connectivity index (χ4n) is 4.10. The summed E-state index contributed by atoms with van der Waals surface area (Å²) in [5.74, 6) is -0.176. The monoisotopic (exact) mass is 459 g/mol. The van der Waals surface area contributed by atoms with E-state index in [-0.39, 0.29) is 24.1 Å². The maximum absolute atomic E-state index is 13.0. The van der Waals surface area contributed by atoms with Crippen molar-refractivity contribution in [1.29, 1.82) is 0 Å². The maximum atomic E-state index is 13.0. The lowest BCUT2D eigenvalue weighted by molar-refractivity contribution is -0.129. The average molecular weight is 460 g/mol. The second-order valence-electron chi connectivity index (χ2n) is 8.39. The molecule has 1 atom stereocenters. The molecule has 1 aliphatic carbocycles. The van der Waals surface area contributed by atoms with Crippen LogP contribution in [0.4, 0.5) is 10.1 Å². The Balaban J connectivity index is 1.51. The maximum Gasteiger partial charge on any atom is 0.242 e. The summed E-state index contributed by atoms with van der Waals surface area (Å²) in [6.07, 6.45) is 6.66. The minimum Gasteiger partial charge on any atom is -0.383 e. The molecule has 0 radical (unpaired) electrons. The van der Waals surface area contributed by atoms with Crippen LogP contribution >= 0.6 is 11.6 Å². The Morgan fingerprint density at radius 2 is 1.66 bits per heavy atom. The number of hydrogen-bond acceptors (Lipinski definition) is 3. The third kappa shape index (κ3) is 8.15. The van der Waals surface area contributed by atoms with Gasteiger partial charge in [-0.2, -0.15) is 0 Å². The van der Waals surface area contributed by atoms with Crippen molar-refractivity contribution in [2.24, 2.45) is 5.92 Å². The first-order valence-electron chi connectivity index (χ1n) is 11.3. The third-order valence-corrected chi connectivity index (χ3v) is 6.07. The van der Waals surface area contributed by atoms with E-state index in [0.717, 1.165) is 24.1 Å². The Bertz CT molecular complexity index is 868. The van der Waals surface area contributed by atoms with Crippen LogP contribution in [0.15, 0.2) is 48.5 Å². The van der Waals surface area contributed by atoms with E-state index < -0.39 is 6.04 Å². The van der Waals surface area contributed by atoms with Crippen LogP contribution in [-0.2, 0) is 16.0 Å². The average Bonchev–Trinajstić information content (AvgIpc) is 2.79. The van der Waals surface area contributed by atoms with E-state index in [1.54, 1.807) is 24.3 Å². The molecule has 0 saturated heterocycles. The van der Waals surface area contributed by atoms with E-state index >= 15 is 0 Å². The van der Waals surface area contributed by atoms with Crippen molar-refractivity contribution in [2.75, 3.05) is 18.4 Å². The molecule has 0 aliphatic heterocycles. The molecule has 1 fully saturated rings. The summed E-state index contributed by atoms with van der Waals surface area (Å²) in [4.78, 5) is 25.5. The first-order valence-corrected chi connectivity index (χ1v) is 11.7. The number of hydrogen-bond donors (Lipinski definition) is 3. The number of nitrogens with one attached hydrogen (secondary N) is 3. The van der Waals surface area contributed by atoms with Crippen molar-refractivity contribution in [1.82, 2.24) is 10.6 Å². The topological polar surface area (TPSA) is 70.2 Å². The predicted octanol–water partition coefficient (Wildman–Crippen LogP) is 4.71. The van der Waals surface area contributed by atoms with Crippen LogP contribution in [0.3, 0.4) is 0 Å². The summed E-state index contributed by atoms with van der Waals surface area (Å²) >= 11 is 5.91. The van der Waals surface area contributed by atoms with Crippen LogP contribution in [0.1, 0.15) is 44.1 Å². The van der Waals surface area contributed by atoms with Crippen molar-refractivity contribution in [3.8, 4) is 0 Å². The molecule has 0 spiro atoms. The van der Waals surface area contributed by atoms with Crippen LogP contribution in [-0.4, -0.2) is 30.9 Å². The van der Waals surface area contributed by atoms with Gasteiger partial charge in [0.25, 0.3) is 0 Å². The normalized spacial score (nSPS) is 15.1. The first kappa shape index (κ1) is 24.1. The van der Waals surface area contributed by atoms with Gasteiger partial charge < -0.3 is 16.0 Å².